The summed E-state index contributed by atoms with van der Waals surface area (Å²) in [6, 6.07) is 0.338. The Kier molecular flexibility index (Phi) is 5.10. The summed E-state index contributed by atoms with van der Waals surface area (Å²) >= 11 is 0. The van der Waals surface area contributed by atoms with E-state index in [-0.39, 0.29) is 17.6 Å². The van der Waals surface area contributed by atoms with E-state index in [0.717, 1.165) is 25.8 Å². The molecule has 2 atom stereocenters. The fraction of sp³-hybridized carbons (Fsp3) is 0.833. The third-order valence-corrected chi connectivity index (χ3v) is 7.51. The maximum Gasteiger partial charge on any atom is 0.410 e. The molecule has 4 heteroatoms. The molecular formula is C18H33NO2Si. The van der Waals surface area contributed by atoms with Crippen molar-refractivity contribution < 1.29 is 9.53 Å². The zero-order valence-corrected chi connectivity index (χ0v) is 16.2. The van der Waals surface area contributed by atoms with Crippen molar-refractivity contribution in [1.82, 2.24) is 4.90 Å². The molecule has 126 valence electrons. The highest BCUT2D eigenvalue weighted by atomic mass is 28.3. The second kappa shape index (κ2) is 6.38. The van der Waals surface area contributed by atoms with Crippen LogP contribution in [0, 0.1) is 5.41 Å². The van der Waals surface area contributed by atoms with Gasteiger partial charge in [0.05, 0.1) is 8.07 Å². The molecule has 0 radical (unpaired) electrons. The molecule has 0 spiro atoms. The highest BCUT2D eigenvalue weighted by molar-refractivity contribution is 6.83. The van der Waals surface area contributed by atoms with Gasteiger partial charge < -0.3 is 9.64 Å². The van der Waals surface area contributed by atoms with Crippen molar-refractivity contribution in [2.45, 2.75) is 84.7 Å². The maximum atomic E-state index is 12.4. The average molecular weight is 324 g/mol. The molecule has 0 aliphatic carbocycles. The van der Waals surface area contributed by atoms with E-state index in [9.17, 15) is 4.79 Å². The molecule has 0 aromatic carbocycles. The largest absolute Gasteiger partial charge is 0.441 e. The summed E-state index contributed by atoms with van der Waals surface area (Å²) in [6.07, 6.45) is 8.03. The predicted molar refractivity (Wildman–Crippen MR) is 94.7 cm³/mol. The first-order chi connectivity index (χ1) is 10.2. The van der Waals surface area contributed by atoms with Crippen LogP contribution in [-0.4, -0.2) is 37.8 Å². The van der Waals surface area contributed by atoms with E-state index < -0.39 is 8.07 Å². The van der Waals surface area contributed by atoms with E-state index in [2.05, 4.69) is 46.5 Å². The van der Waals surface area contributed by atoms with Crippen LogP contribution in [0.1, 0.15) is 52.9 Å². The van der Waals surface area contributed by atoms with Crippen molar-refractivity contribution in [3.05, 3.63) is 11.3 Å². The molecule has 2 fully saturated rings. The molecule has 0 bridgehead atoms. The van der Waals surface area contributed by atoms with Crippen LogP contribution in [0.2, 0.25) is 19.6 Å². The minimum absolute atomic E-state index is 0.00272. The van der Waals surface area contributed by atoms with Gasteiger partial charge in [0, 0.05) is 18.0 Å². The third-order valence-electron chi connectivity index (χ3n) is 5.31. The monoisotopic (exact) mass is 323 g/mol. The molecule has 3 nitrogen and oxygen atoms in total. The second-order valence-corrected chi connectivity index (χ2v) is 13.6. The lowest BCUT2D eigenvalue weighted by Crippen LogP contribution is -2.59. The van der Waals surface area contributed by atoms with Gasteiger partial charge in [-0.3, -0.25) is 0 Å². The van der Waals surface area contributed by atoms with Crippen molar-refractivity contribution in [3.8, 4) is 0 Å². The molecule has 0 aromatic heterocycles. The minimum atomic E-state index is -1.52. The summed E-state index contributed by atoms with van der Waals surface area (Å²) in [6.45, 7) is 14.8. The van der Waals surface area contributed by atoms with Crippen LogP contribution in [0.15, 0.2) is 11.3 Å². The van der Waals surface area contributed by atoms with Gasteiger partial charge in [-0.25, -0.2) is 4.79 Å². The summed E-state index contributed by atoms with van der Waals surface area (Å²) in [5.74, 6) is 0. The molecular weight excluding hydrogens is 290 g/mol. The van der Waals surface area contributed by atoms with Crippen LogP contribution >= 0.6 is 0 Å². The summed E-state index contributed by atoms with van der Waals surface area (Å²) in [5.41, 5.74) is 0.00272. The van der Waals surface area contributed by atoms with Crippen LogP contribution in [0.25, 0.3) is 0 Å². The normalized spacial score (nSPS) is 28.5. The molecule has 0 saturated carbocycles. The van der Waals surface area contributed by atoms with Crippen LogP contribution in [0.3, 0.4) is 0 Å². The molecule has 2 aliphatic heterocycles. The number of fused-ring (bicyclic) bond motifs is 1. The Labute approximate surface area is 137 Å². The topological polar surface area (TPSA) is 29.5 Å². The van der Waals surface area contributed by atoms with Crippen molar-refractivity contribution in [3.63, 3.8) is 0 Å². The van der Waals surface area contributed by atoms with E-state index in [0.29, 0.717) is 6.04 Å². The first-order valence-electron chi connectivity index (χ1n) is 8.87. The quantitative estimate of drug-likeness (QED) is 0.527. The van der Waals surface area contributed by atoms with Crippen LogP contribution < -0.4 is 0 Å². The van der Waals surface area contributed by atoms with Gasteiger partial charge in [-0.15, -0.1) is 0 Å². The summed E-state index contributed by atoms with van der Waals surface area (Å²) in [5, 5.41) is 1.44. The molecule has 1 unspecified atom stereocenters. The fourth-order valence-corrected chi connectivity index (χ4v) is 5.96. The SMILES string of the molecule is CCCC/C=C(/C1OC(=O)N2CCC[C@H]2C1(C)C)[Si](C)(C)C. The lowest BCUT2D eigenvalue weighted by Gasteiger charge is -2.49. The van der Waals surface area contributed by atoms with Crippen molar-refractivity contribution in [2.24, 2.45) is 5.41 Å². The van der Waals surface area contributed by atoms with Gasteiger partial charge in [0.25, 0.3) is 0 Å². The lowest BCUT2D eigenvalue weighted by atomic mass is 9.76. The maximum absolute atomic E-state index is 12.4. The second-order valence-electron chi connectivity index (χ2n) is 8.49. The van der Waals surface area contributed by atoms with Crippen LogP contribution in [0.4, 0.5) is 4.79 Å². The number of carbonyl (C=O) groups excluding carboxylic acids is 1. The number of allylic oxidation sites excluding steroid dienone is 1. The number of carbonyl (C=O) groups is 1. The van der Waals surface area contributed by atoms with Crippen molar-refractivity contribution in [1.29, 1.82) is 0 Å². The minimum Gasteiger partial charge on any atom is -0.441 e. The standard InChI is InChI=1S/C18H33NO2Si/c1-7-8-9-11-14(22(4,5)6)16-18(2,3)15-12-10-13-19(15)17(20)21-16/h11,15-16H,7-10,12-13H2,1-6H3/b14-11-/t15-,16?/m0/s1. The van der Waals surface area contributed by atoms with Crippen LogP contribution in [-0.2, 0) is 4.74 Å². The van der Waals surface area contributed by atoms with Gasteiger partial charge in [0.1, 0.15) is 6.10 Å². The summed E-state index contributed by atoms with van der Waals surface area (Å²) in [4.78, 5) is 14.4. The number of hydrogen-bond acceptors (Lipinski definition) is 2. The van der Waals surface area contributed by atoms with Crippen molar-refractivity contribution >= 4 is 14.2 Å². The summed E-state index contributed by atoms with van der Waals surface area (Å²) in [7, 11) is -1.52. The highest BCUT2D eigenvalue weighted by Gasteiger charge is 2.53. The zero-order valence-electron chi connectivity index (χ0n) is 15.2. The number of ether oxygens (including phenoxy) is 1. The van der Waals surface area contributed by atoms with E-state index in [1.54, 1.807) is 0 Å². The molecule has 22 heavy (non-hydrogen) atoms. The number of hydrogen-bond donors (Lipinski definition) is 0. The first-order valence-corrected chi connectivity index (χ1v) is 12.4. The van der Waals surface area contributed by atoms with Gasteiger partial charge in [-0.1, -0.05) is 59.3 Å². The zero-order chi connectivity index (χ0) is 16.5. The Bertz CT molecular complexity index is 450. The number of unbranched alkanes of at least 4 members (excludes halogenated alkanes) is 2. The van der Waals surface area contributed by atoms with Crippen LogP contribution in [0.5, 0.6) is 0 Å². The van der Waals surface area contributed by atoms with Gasteiger partial charge in [0.15, 0.2) is 0 Å². The van der Waals surface area contributed by atoms with Crippen molar-refractivity contribution in [2.75, 3.05) is 6.54 Å². The van der Waals surface area contributed by atoms with Gasteiger partial charge in [-0.05, 0) is 24.5 Å². The smallest absolute Gasteiger partial charge is 0.410 e. The Morgan fingerprint density at radius 3 is 2.68 bits per heavy atom. The Morgan fingerprint density at radius 2 is 2.09 bits per heavy atom. The highest BCUT2D eigenvalue weighted by Crippen LogP contribution is 2.45. The summed E-state index contributed by atoms with van der Waals surface area (Å²) < 4.78 is 5.99. The molecule has 2 saturated heterocycles. The molecule has 1 amide bonds. The number of nitrogens with zero attached hydrogens (tertiary/aromatic N) is 1. The first kappa shape index (κ1) is 17.6. The van der Waals surface area contributed by atoms with E-state index >= 15 is 0 Å². The van der Waals surface area contributed by atoms with E-state index in [1.807, 2.05) is 4.90 Å². The Balaban J connectivity index is 2.33. The predicted octanol–water partition coefficient (Wildman–Crippen LogP) is 4.99. The van der Waals surface area contributed by atoms with Gasteiger partial charge in [-0.2, -0.15) is 0 Å². The van der Waals surface area contributed by atoms with E-state index in [4.69, 9.17) is 4.74 Å². The Morgan fingerprint density at radius 1 is 1.41 bits per heavy atom. The molecule has 2 heterocycles. The van der Waals surface area contributed by atoms with Gasteiger partial charge in [0.2, 0.25) is 0 Å². The fourth-order valence-electron chi connectivity index (χ4n) is 3.99. The van der Waals surface area contributed by atoms with E-state index in [1.165, 1.54) is 18.0 Å². The molecule has 0 aromatic rings. The third kappa shape index (κ3) is 3.27. The Hall–Kier alpha value is -0.773. The molecule has 2 rings (SSSR count). The number of cyclic esters (lactones) is 1. The number of rotatable bonds is 5. The molecule has 2 aliphatic rings. The molecule has 0 N–H and O–H groups in total. The average Bonchev–Trinajstić information content (AvgIpc) is 2.89. The lowest BCUT2D eigenvalue weighted by molar-refractivity contribution is -0.0535. The number of amides is 1. The van der Waals surface area contributed by atoms with Gasteiger partial charge >= 0.3 is 6.09 Å².